The molecule has 0 spiro atoms. The number of aromatic nitrogens is 1. The molecule has 0 bridgehead atoms. The van der Waals surface area contributed by atoms with E-state index in [2.05, 4.69) is 10.3 Å². The SMILES string of the molecule is NC(=O)Cc1ccccc1NC(=O)C1CCCN(c2ncccc2C(F)(F)F)C1. The lowest BCUT2D eigenvalue weighted by Crippen LogP contribution is -2.42. The van der Waals surface area contributed by atoms with Gasteiger partial charge in [-0.2, -0.15) is 13.2 Å². The molecule has 2 aromatic rings. The maximum absolute atomic E-state index is 13.3. The number of alkyl halides is 3. The third kappa shape index (κ3) is 5.04. The van der Waals surface area contributed by atoms with Gasteiger partial charge in [0.2, 0.25) is 11.8 Å². The third-order valence-electron chi connectivity index (χ3n) is 4.82. The van der Waals surface area contributed by atoms with E-state index in [1.807, 2.05) is 0 Å². The smallest absolute Gasteiger partial charge is 0.369 e. The monoisotopic (exact) mass is 406 g/mol. The van der Waals surface area contributed by atoms with Crippen LogP contribution in [0, 0.1) is 5.92 Å². The summed E-state index contributed by atoms with van der Waals surface area (Å²) in [6, 6.07) is 9.04. The predicted molar refractivity (Wildman–Crippen MR) is 102 cm³/mol. The zero-order valence-corrected chi connectivity index (χ0v) is 15.6. The molecule has 3 N–H and O–H groups in total. The van der Waals surface area contributed by atoms with Gasteiger partial charge in [0.05, 0.1) is 17.9 Å². The van der Waals surface area contributed by atoms with Gasteiger partial charge in [-0.1, -0.05) is 18.2 Å². The summed E-state index contributed by atoms with van der Waals surface area (Å²) in [4.78, 5) is 29.4. The van der Waals surface area contributed by atoms with Gasteiger partial charge in [0, 0.05) is 25.0 Å². The Morgan fingerprint density at radius 1 is 1.21 bits per heavy atom. The molecule has 1 unspecified atom stereocenters. The maximum Gasteiger partial charge on any atom is 0.419 e. The molecule has 1 atom stereocenters. The average Bonchev–Trinajstić information content (AvgIpc) is 2.68. The Kier molecular flexibility index (Phi) is 6.05. The fourth-order valence-corrected chi connectivity index (χ4v) is 3.47. The van der Waals surface area contributed by atoms with Gasteiger partial charge in [-0.25, -0.2) is 4.98 Å². The summed E-state index contributed by atoms with van der Waals surface area (Å²) in [6.45, 7) is 0.520. The topological polar surface area (TPSA) is 88.3 Å². The molecule has 9 heteroatoms. The Balaban J connectivity index is 1.76. The molecule has 6 nitrogen and oxygen atoms in total. The second-order valence-corrected chi connectivity index (χ2v) is 6.95. The molecule has 2 amide bonds. The molecule has 1 fully saturated rings. The minimum atomic E-state index is -4.52. The number of para-hydroxylation sites is 1. The van der Waals surface area contributed by atoms with Crippen LogP contribution in [-0.2, 0) is 22.2 Å². The molecular formula is C20H21F3N4O2. The number of hydrogen-bond acceptors (Lipinski definition) is 4. The molecule has 29 heavy (non-hydrogen) atoms. The van der Waals surface area contributed by atoms with Crippen molar-refractivity contribution in [3.05, 3.63) is 53.7 Å². The van der Waals surface area contributed by atoms with Crippen LogP contribution in [0.3, 0.4) is 0 Å². The van der Waals surface area contributed by atoms with E-state index < -0.39 is 23.6 Å². The highest BCUT2D eigenvalue weighted by atomic mass is 19.4. The lowest BCUT2D eigenvalue weighted by Gasteiger charge is -2.34. The number of pyridine rings is 1. The van der Waals surface area contributed by atoms with Crippen LogP contribution in [0.5, 0.6) is 0 Å². The summed E-state index contributed by atoms with van der Waals surface area (Å²) in [5.41, 5.74) is 5.49. The fourth-order valence-electron chi connectivity index (χ4n) is 3.47. The Bertz CT molecular complexity index is 901. The molecular weight excluding hydrogens is 385 g/mol. The number of hydrogen-bond donors (Lipinski definition) is 2. The fraction of sp³-hybridized carbons (Fsp3) is 0.350. The molecule has 1 aliphatic heterocycles. The number of nitrogens with two attached hydrogens (primary N) is 1. The van der Waals surface area contributed by atoms with E-state index >= 15 is 0 Å². The first-order valence-corrected chi connectivity index (χ1v) is 9.20. The van der Waals surface area contributed by atoms with Gasteiger partial charge in [-0.05, 0) is 36.6 Å². The molecule has 1 saturated heterocycles. The van der Waals surface area contributed by atoms with E-state index in [1.54, 1.807) is 24.3 Å². The second kappa shape index (κ2) is 8.50. The number of amides is 2. The van der Waals surface area contributed by atoms with Gasteiger partial charge in [-0.3, -0.25) is 9.59 Å². The van der Waals surface area contributed by atoms with E-state index in [0.29, 0.717) is 30.6 Å². The molecule has 0 aliphatic carbocycles. The normalized spacial score (nSPS) is 17.1. The summed E-state index contributed by atoms with van der Waals surface area (Å²) < 4.78 is 39.9. The first kappa shape index (κ1) is 20.6. The zero-order valence-electron chi connectivity index (χ0n) is 15.6. The standard InChI is InChI=1S/C20H21F3N4O2/c21-20(22,23)15-7-3-9-25-18(15)27-10-4-6-14(12-27)19(29)26-16-8-2-1-5-13(16)11-17(24)28/h1-3,5,7-9,14H,4,6,10-12H2,(H2,24,28)(H,26,29). The van der Waals surface area contributed by atoms with Crippen LogP contribution in [0.2, 0.25) is 0 Å². The van der Waals surface area contributed by atoms with Crippen LogP contribution < -0.4 is 16.0 Å². The zero-order chi connectivity index (χ0) is 21.0. The Morgan fingerprint density at radius 2 is 1.97 bits per heavy atom. The van der Waals surface area contributed by atoms with Crippen molar-refractivity contribution < 1.29 is 22.8 Å². The summed E-state index contributed by atoms with van der Waals surface area (Å²) in [5.74, 6) is -1.50. The third-order valence-corrected chi connectivity index (χ3v) is 4.82. The van der Waals surface area contributed by atoms with Crippen LogP contribution in [0.1, 0.15) is 24.0 Å². The highest BCUT2D eigenvalue weighted by molar-refractivity contribution is 5.94. The summed E-state index contributed by atoms with van der Waals surface area (Å²) in [6.07, 6.45) is -2.11. The van der Waals surface area contributed by atoms with Gasteiger partial charge >= 0.3 is 6.18 Å². The second-order valence-electron chi connectivity index (χ2n) is 6.95. The van der Waals surface area contributed by atoms with Crippen molar-refractivity contribution >= 4 is 23.3 Å². The van der Waals surface area contributed by atoms with Gasteiger partial charge in [-0.15, -0.1) is 0 Å². The highest BCUT2D eigenvalue weighted by Gasteiger charge is 2.37. The minimum Gasteiger partial charge on any atom is -0.369 e. The van der Waals surface area contributed by atoms with Crippen molar-refractivity contribution in [3.8, 4) is 0 Å². The van der Waals surface area contributed by atoms with E-state index in [1.165, 1.54) is 17.2 Å². The largest absolute Gasteiger partial charge is 0.419 e. The number of piperidine rings is 1. The highest BCUT2D eigenvalue weighted by Crippen LogP contribution is 2.36. The van der Waals surface area contributed by atoms with Crippen LogP contribution >= 0.6 is 0 Å². The summed E-state index contributed by atoms with van der Waals surface area (Å²) in [5, 5.41) is 2.79. The Hall–Kier alpha value is -3.10. The molecule has 1 aromatic heterocycles. The number of nitrogens with zero attached hydrogens (tertiary/aromatic N) is 2. The van der Waals surface area contributed by atoms with Crippen LogP contribution in [0.25, 0.3) is 0 Å². The molecule has 0 saturated carbocycles. The molecule has 0 radical (unpaired) electrons. The Labute approximate surface area is 165 Å². The first-order valence-electron chi connectivity index (χ1n) is 9.20. The maximum atomic E-state index is 13.3. The van der Waals surface area contributed by atoms with Crippen LogP contribution in [0.4, 0.5) is 24.7 Å². The van der Waals surface area contributed by atoms with Crippen LogP contribution in [-0.4, -0.2) is 29.9 Å². The Morgan fingerprint density at radius 3 is 2.69 bits per heavy atom. The first-order chi connectivity index (χ1) is 13.8. The van der Waals surface area contributed by atoms with Crippen LogP contribution in [0.15, 0.2) is 42.6 Å². The van der Waals surface area contributed by atoms with E-state index in [4.69, 9.17) is 5.73 Å². The number of carbonyl (C=O) groups excluding carboxylic acids is 2. The van der Waals surface area contributed by atoms with Gasteiger partial charge < -0.3 is 16.0 Å². The van der Waals surface area contributed by atoms with E-state index in [-0.39, 0.29) is 24.7 Å². The van der Waals surface area contributed by atoms with Crippen molar-refractivity contribution in [3.63, 3.8) is 0 Å². The van der Waals surface area contributed by atoms with Gasteiger partial charge in [0.25, 0.3) is 0 Å². The van der Waals surface area contributed by atoms with Crippen molar-refractivity contribution in [1.82, 2.24) is 4.98 Å². The molecule has 2 heterocycles. The number of nitrogens with one attached hydrogen (secondary N) is 1. The molecule has 154 valence electrons. The molecule has 1 aliphatic rings. The molecule has 3 rings (SSSR count). The lowest BCUT2D eigenvalue weighted by atomic mass is 9.96. The van der Waals surface area contributed by atoms with Gasteiger partial charge in [0.15, 0.2) is 0 Å². The van der Waals surface area contributed by atoms with Crippen molar-refractivity contribution in [2.24, 2.45) is 11.7 Å². The van der Waals surface area contributed by atoms with Crippen molar-refractivity contribution in [1.29, 1.82) is 0 Å². The van der Waals surface area contributed by atoms with Crippen molar-refractivity contribution in [2.45, 2.75) is 25.4 Å². The van der Waals surface area contributed by atoms with E-state index in [9.17, 15) is 22.8 Å². The number of benzene rings is 1. The van der Waals surface area contributed by atoms with Gasteiger partial charge in [0.1, 0.15) is 5.82 Å². The summed E-state index contributed by atoms with van der Waals surface area (Å²) >= 11 is 0. The number of carbonyl (C=O) groups is 2. The lowest BCUT2D eigenvalue weighted by molar-refractivity contribution is -0.137. The quantitative estimate of drug-likeness (QED) is 0.799. The minimum absolute atomic E-state index is 0.0177. The number of rotatable bonds is 5. The predicted octanol–water partition coefficient (Wildman–Crippen LogP) is 2.98. The number of anilines is 2. The summed E-state index contributed by atoms with van der Waals surface area (Å²) in [7, 11) is 0. The number of halogens is 3. The molecule has 1 aromatic carbocycles. The number of primary amides is 1. The van der Waals surface area contributed by atoms with E-state index in [0.717, 1.165) is 6.07 Å². The van der Waals surface area contributed by atoms with Crippen molar-refractivity contribution in [2.75, 3.05) is 23.3 Å². The average molecular weight is 406 g/mol.